The van der Waals surface area contributed by atoms with Gasteiger partial charge in [0, 0.05) is 17.8 Å². The maximum absolute atomic E-state index is 11.9. The number of Topliss-reactive ketones (excluding diaryl/α,β-unsaturated/α-hetero) is 1. The van der Waals surface area contributed by atoms with E-state index in [9.17, 15) is 9.59 Å². The largest absolute Gasteiger partial charge is 0.337 e. The maximum Gasteiger partial charge on any atom is 0.319 e. The summed E-state index contributed by atoms with van der Waals surface area (Å²) in [5.74, 6) is 0.0243. The van der Waals surface area contributed by atoms with Crippen molar-refractivity contribution in [1.29, 1.82) is 0 Å². The average Bonchev–Trinajstić information content (AvgIpc) is 2.47. The lowest BCUT2D eigenvalue weighted by Gasteiger charge is -2.33. The van der Waals surface area contributed by atoms with Crippen molar-refractivity contribution in [2.45, 2.75) is 46.0 Å². The Morgan fingerprint density at radius 3 is 2.29 bits per heavy atom. The molecule has 0 aromatic heterocycles. The van der Waals surface area contributed by atoms with Gasteiger partial charge < -0.3 is 10.6 Å². The minimum absolute atomic E-state index is 0.0243. The first kappa shape index (κ1) is 15.5. The fourth-order valence-electron chi connectivity index (χ4n) is 2.84. The lowest BCUT2D eigenvalue weighted by atomic mass is 9.76. The Balaban J connectivity index is 1.82. The van der Waals surface area contributed by atoms with Crippen LogP contribution in [0.3, 0.4) is 0 Å². The molecular formula is C17H24N2O2. The first-order chi connectivity index (χ1) is 9.98. The van der Waals surface area contributed by atoms with E-state index < -0.39 is 0 Å². The number of carbonyl (C=O) groups is 2. The van der Waals surface area contributed by atoms with Crippen LogP contribution in [0.5, 0.6) is 0 Å². The molecule has 21 heavy (non-hydrogen) atoms. The van der Waals surface area contributed by atoms with Crippen LogP contribution in [0.15, 0.2) is 24.3 Å². The third-order valence-electron chi connectivity index (χ3n) is 4.29. The van der Waals surface area contributed by atoms with Gasteiger partial charge in [0.15, 0.2) is 5.78 Å². The van der Waals surface area contributed by atoms with Gasteiger partial charge in [0.1, 0.15) is 0 Å². The fraction of sp³-hybridized carbons (Fsp3) is 0.529. The molecule has 114 valence electrons. The number of ketones is 1. The summed E-state index contributed by atoms with van der Waals surface area (Å²) in [6, 6.07) is 6.76. The molecule has 2 rings (SSSR count). The van der Waals surface area contributed by atoms with E-state index >= 15 is 0 Å². The van der Waals surface area contributed by atoms with Crippen LogP contribution >= 0.6 is 0 Å². The first-order valence-corrected chi connectivity index (χ1v) is 7.64. The molecule has 4 nitrogen and oxygen atoms in total. The number of amides is 2. The summed E-state index contributed by atoms with van der Waals surface area (Å²) < 4.78 is 0. The standard InChI is InChI=1S/C17H24N2O2/c1-13(20)14-6-8-15(9-7-14)19-16(21)18-12-17(2)10-4-3-5-11-17/h6-9H,3-5,10-12H2,1-2H3,(H2,18,19,21). The van der Waals surface area contributed by atoms with Crippen molar-refractivity contribution in [2.24, 2.45) is 5.41 Å². The van der Waals surface area contributed by atoms with Crippen LogP contribution in [0.2, 0.25) is 0 Å². The van der Waals surface area contributed by atoms with Gasteiger partial charge in [-0.2, -0.15) is 0 Å². The number of nitrogens with one attached hydrogen (secondary N) is 2. The number of hydrogen-bond acceptors (Lipinski definition) is 2. The van der Waals surface area contributed by atoms with Crippen LogP contribution in [0, 0.1) is 5.41 Å². The Bertz CT molecular complexity index is 502. The van der Waals surface area contributed by atoms with Crippen LogP contribution < -0.4 is 10.6 Å². The van der Waals surface area contributed by atoms with Gasteiger partial charge >= 0.3 is 6.03 Å². The van der Waals surface area contributed by atoms with E-state index in [1.165, 1.54) is 39.0 Å². The van der Waals surface area contributed by atoms with Crippen LogP contribution in [0.1, 0.15) is 56.3 Å². The normalized spacial score (nSPS) is 17.0. The number of urea groups is 1. The topological polar surface area (TPSA) is 58.2 Å². The van der Waals surface area contributed by atoms with E-state index in [1.807, 2.05) is 0 Å². The summed E-state index contributed by atoms with van der Waals surface area (Å²) in [6.45, 7) is 4.48. The zero-order chi connectivity index (χ0) is 15.3. The molecule has 4 heteroatoms. The highest BCUT2D eigenvalue weighted by molar-refractivity contribution is 5.95. The van der Waals surface area contributed by atoms with Crippen molar-refractivity contribution in [1.82, 2.24) is 5.32 Å². The first-order valence-electron chi connectivity index (χ1n) is 7.64. The lowest BCUT2D eigenvalue weighted by Crippen LogP contribution is -2.39. The van der Waals surface area contributed by atoms with Crippen molar-refractivity contribution in [3.05, 3.63) is 29.8 Å². The van der Waals surface area contributed by atoms with Gasteiger partial charge in [0.25, 0.3) is 0 Å². The zero-order valence-electron chi connectivity index (χ0n) is 12.9. The minimum atomic E-state index is -0.183. The Morgan fingerprint density at radius 2 is 1.71 bits per heavy atom. The monoisotopic (exact) mass is 288 g/mol. The number of benzene rings is 1. The van der Waals surface area contributed by atoms with Gasteiger partial charge in [-0.15, -0.1) is 0 Å². The van der Waals surface area contributed by atoms with E-state index in [0.717, 1.165) is 0 Å². The maximum atomic E-state index is 11.9. The van der Waals surface area contributed by atoms with Gasteiger partial charge in [0.2, 0.25) is 0 Å². The molecule has 0 aliphatic heterocycles. The van der Waals surface area contributed by atoms with Crippen LogP contribution in [0.4, 0.5) is 10.5 Å². The van der Waals surface area contributed by atoms with Crippen LogP contribution in [-0.2, 0) is 0 Å². The second kappa shape index (κ2) is 6.74. The fourth-order valence-corrected chi connectivity index (χ4v) is 2.84. The third-order valence-corrected chi connectivity index (χ3v) is 4.29. The molecule has 1 aromatic carbocycles. The number of hydrogen-bond donors (Lipinski definition) is 2. The molecule has 0 heterocycles. The molecule has 1 aromatic rings. The SMILES string of the molecule is CC(=O)c1ccc(NC(=O)NCC2(C)CCCCC2)cc1. The summed E-state index contributed by atoms with van der Waals surface area (Å²) >= 11 is 0. The average molecular weight is 288 g/mol. The van der Waals surface area contributed by atoms with E-state index in [-0.39, 0.29) is 17.2 Å². The summed E-state index contributed by atoms with van der Waals surface area (Å²) in [5.41, 5.74) is 1.58. The van der Waals surface area contributed by atoms with Gasteiger partial charge in [-0.25, -0.2) is 4.79 Å². The summed E-state index contributed by atoms with van der Waals surface area (Å²) in [6.07, 6.45) is 6.18. The Labute approximate surface area is 126 Å². The molecule has 0 bridgehead atoms. The molecule has 0 saturated heterocycles. The van der Waals surface area contributed by atoms with E-state index in [1.54, 1.807) is 24.3 Å². The molecule has 0 unspecified atom stereocenters. The molecule has 0 atom stereocenters. The van der Waals surface area contributed by atoms with Crippen molar-refractivity contribution in [3.63, 3.8) is 0 Å². The van der Waals surface area contributed by atoms with Crippen molar-refractivity contribution >= 4 is 17.5 Å². The lowest BCUT2D eigenvalue weighted by molar-refractivity contribution is 0.101. The van der Waals surface area contributed by atoms with Gasteiger partial charge in [0.05, 0.1) is 0 Å². The molecule has 1 aliphatic carbocycles. The molecule has 0 spiro atoms. The van der Waals surface area contributed by atoms with Gasteiger partial charge in [-0.05, 0) is 49.4 Å². The third kappa shape index (κ3) is 4.59. The second-order valence-corrected chi connectivity index (χ2v) is 6.31. The molecular weight excluding hydrogens is 264 g/mol. The highest BCUT2D eigenvalue weighted by Crippen LogP contribution is 2.34. The smallest absolute Gasteiger partial charge is 0.319 e. The molecule has 1 fully saturated rings. The van der Waals surface area contributed by atoms with E-state index in [4.69, 9.17) is 0 Å². The van der Waals surface area contributed by atoms with Crippen molar-refractivity contribution in [3.8, 4) is 0 Å². The number of anilines is 1. The number of carbonyl (C=O) groups excluding carboxylic acids is 2. The predicted octanol–water partition coefficient (Wildman–Crippen LogP) is 3.98. The minimum Gasteiger partial charge on any atom is -0.337 e. The summed E-state index contributed by atoms with van der Waals surface area (Å²) in [4.78, 5) is 23.1. The van der Waals surface area contributed by atoms with Crippen molar-refractivity contribution in [2.75, 3.05) is 11.9 Å². The predicted molar refractivity (Wildman–Crippen MR) is 84.7 cm³/mol. The summed E-state index contributed by atoms with van der Waals surface area (Å²) in [7, 11) is 0. The Kier molecular flexibility index (Phi) is 4.99. The van der Waals surface area contributed by atoms with Crippen molar-refractivity contribution < 1.29 is 9.59 Å². The van der Waals surface area contributed by atoms with Gasteiger partial charge in [-0.1, -0.05) is 26.2 Å². The van der Waals surface area contributed by atoms with E-state index in [2.05, 4.69) is 17.6 Å². The zero-order valence-corrected chi connectivity index (χ0v) is 12.9. The second-order valence-electron chi connectivity index (χ2n) is 6.31. The van der Waals surface area contributed by atoms with E-state index in [0.29, 0.717) is 17.8 Å². The van der Waals surface area contributed by atoms with Crippen LogP contribution in [-0.4, -0.2) is 18.4 Å². The molecule has 2 N–H and O–H groups in total. The van der Waals surface area contributed by atoms with Gasteiger partial charge in [-0.3, -0.25) is 4.79 Å². The molecule has 2 amide bonds. The van der Waals surface area contributed by atoms with Crippen LogP contribution in [0.25, 0.3) is 0 Å². The molecule has 1 aliphatic rings. The summed E-state index contributed by atoms with van der Waals surface area (Å²) in [5, 5.41) is 5.77. The Hall–Kier alpha value is -1.84. The highest BCUT2D eigenvalue weighted by Gasteiger charge is 2.26. The number of rotatable bonds is 4. The molecule has 0 radical (unpaired) electrons. The quantitative estimate of drug-likeness (QED) is 0.823. The Morgan fingerprint density at radius 1 is 1.10 bits per heavy atom. The molecule has 1 saturated carbocycles. The highest BCUT2D eigenvalue weighted by atomic mass is 16.2.